The molecule has 1 aromatic rings. The fourth-order valence-corrected chi connectivity index (χ4v) is 3.11. The number of aryl methyl sites for hydroxylation is 1. The van der Waals surface area contributed by atoms with Crippen LogP contribution in [0.1, 0.15) is 51.8 Å². The first-order valence-corrected chi connectivity index (χ1v) is 7.48. The first kappa shape index (κ1) is 14.5. The lowest BCUT2D eigenvalue weighted by Gasteiger charge is -2.35. The molecule has 2 N–H and O–H groups in total. The van der Waals surface area contributed by atoms with Crippen LogP contribution >= 0.6 is 0 Å². The molecule has 1 aliphatic rings. The molecule has 2 rings (SSSR count). The minimum absolute atomic E-state index is 0.00903. The summed E-state index contributed by atoms with van der Waals surface area (Å²) in [7, 11) is 0. The molecular formula is C14H26N4O. The van der Waals surface area contributed by atoms with Crippen molar-refractivity contribution in [2.75, 3.05) is 6.61 Å². The van der Waals surface area contributed by atoms with Crippen LogP contribution in [0, 0.1) is 0 Å². The number of hydrogen-bond acceptors (Lipinski definition) is 4. The van der Waals surface area contributed by atoms with E-state index in [1.807, 2.05) is 11.6 Å². The third-order valence-corrected chi connectivity index (χ3v) is 4.09. The van der Waals surface area contributed by atoms with Crippen molar-refractivity contribution in [2.24, 2.45) is 5.73 Å². The predicted octanol–water partition coefficient (Wildman–Crippen LogP) is 1.91. The number of hydrogen-bond donors (Lipinski definition) is 1. The van der Waals surface area contributed by atoms with Gasteiger partial charge in [0.05, 0.1) is 5.60 Å². The van der Waals surface area contributed by atoms with Crippen LogP contribution < -0.4 is 5.73 Å². The maximum Gasteiger partial charge on any atom is 0.138 e. The molecule has 1 saturated carbocycles. The van der Waals surface area contributed by atoms with Gasteiger partial charge in [-0.05, 0) is 26.2 Å². The van der Waals surface area contributed by atoms with E-state index >= 15 is 0 Å². The summed E-state index contributed by atoms with van der Waals surface area (Å²) in [6.07, 6.45) is 8.01. The smallest absolute Gasteiger partial charge is 0.138 e. The highest BCUT2D eigenvalue weighted by Gasteiger charge is 2.40. The Morgan fingerprint density at radius 1 is 1.42 bits per heavy atom. The molecule has 0 bridgehead atoms. The van der Waals surface area contributed by atoms with E-state index in [1.165, 1.54) is 12.8 Å². The summed E-state index contributed by atoms with van der Waals surface area (Å²) in [6.45, 7) is 5.83. The second-order valence-corrected chi connectivity index (χ2v) is 5.41. The number of nitrogens with zero attached hydrogens (tertiary/aromatic N) is 3. The summed E-state index contributed by atoms with van der Waals surface area (Å²) in [4.78, 5) is 4.35. The van der Waals surface area contributed by atoms with Gasteiger partial charge in [-0.2, -0.15) is 5.10 Å². The minimum Gasteiger partial charge on any atom is -0.374 e. The van der Waals surface area contributed by atoms with Gasteiger partial charge in [-0.25, -0.2) is 4.98 Å². The predicted molar refractivity (Wildman–Crippen MR) is 74.8 cm³/mol. The molecule has 0 spiro atoms. The lowest BCUT2D eigenvalue weighted by atomic mass is 9.90. The van der Waals surface area contributed by atoms with Crippen molar-refractivity contribution in [1.82, 2.24) is 14.8 Å². The van der Waals surface area contributed by atoms with Crippen LogP contribution in [-0.4, -0.2) is 33.0 Å². The van der Waals surface area contributed by atoms with Gasteiger partial charge in [0.25, 0.3) is 0 Å². The Balaban J connectivity index is 2.06. The van der Waals surface area contributed by atoms with Gasteiger partial charge in [0.1, 0.15) is 12.2 Å². The Labute approximate surface area is 115 Å². The summed E-state index contributed by atoms with van der Waals surface area (Å²) in [5.41, 5.74) is 6.31. The number of rotatable bonds is 7. The maximum atomic E-state index is 6.45. The number of ether oxygens (including phenoxy) is 1. The molecule has 0 saturated heterocycles. The molecule has 5 heteroatoms. The summed E-state index contributed by atoms with van der Waals surface area (Å²) >= 11 is 0. The fourth-order valence-electron chi connectivity index (χ4n) is 3.11. The first-order valence-electron chi connectivity index (χ1n) is 7.48. The second-order valence-electron chi connectivity index (χ2n) is 5.41. The van der Waals surface area contributed by atoms with Gasteiger partial charge in [0, 0.05) is 25.6 Å². The molecule has 19 heavy (non-hydrogen) atoms. The van der Waals surface area contributed by atoms with Crippen LogP contribution in [0.15, 0.2) is 6.33 Å². The highest BCUT2D eigenvalue weighted by molar-refractivity contribution is 5.01. The molecule has 0 aliphatic heterocycles. The molecule has 1 aliphatic carbocycles. The van der Waals surface area contributed by atoms with Gasteiger partial charge in [0.2, 0.25) is 0 Å². The quantitative estimate of drug-likeness (QED) is 0.818. The first-order chi connectivity index (χ1) is 9.22. The van der Waals surface area contributed by atoms with Gasteiger partial charge in [0.15, 0.2) is 0 Å². The highest BCUT2D eigenvalue weighted by Crippen LogP contribution is 2.36. The topological polar surface area (TPSA) is 66.0 Å². The molecule has 108 valence electrons. The van der Waals surface area contributed by atoms with E-state index in [1.54, 1.807) is 6.33 Å². The molecule has 1 atom stereocenters. The standard InChI is InChI=1S/C14H26N4O/c1-3-9-18-13(16-11-17-18)10-12(15)14(19-4-2)7-5-6-8-14/h11-12H,3-10,15H2,1-2H3. The molecule has 0 radical (unpaired) electrons. The molecule has 1 unspecified atom stereocenters. The van der Waals surface area contributed by atoms with Crippen LogP contribution in [-0.2, 0) is 17.7 Å². The van der Waals surface area contributed by atoms with Crippen molar-refractivity contribution < 1.29 is 4.74 Å². The molecule has 0 amide bonds. The lowest BCUT2D eigenvalue weighted by molar-refractivity contribution is -0.0530. The zero-order chi connectivity index (χ0) is 13.7. The van der Waals surface area contributed by atoms with Crippen LogP contribution in [0.2, 0.25) is 0 Å². The molecule has 1 aromatic heterocycles. The molecule has 1 heterocycles. The molecule has 0 aromatic carbocycles. The zero-order valence-electron chi connectivity index (χ0n) is 12.1. The van der Waals surface area contributed by atoms with E-state index in [2.05, 4.69) is 17.0 Å². The molecule has 1 fully saturated rings. The lowest BCUT2D eigenvalue weighted by Crippen LogP contribution is -2.49. The summed E-state index contributed by atoms with van der Waals surface area (Å²) in [5, 5.41) is 4.26. The highest BCUT2D eigenvalue weighted by atomic mass is 16.5. The van der Waals surface area contributed by atoms with Crippen LogP contribution in [0.3, 0.4) is 0 Å². The molecule has 5 nitrogen and oxygen atoms in total. The maximum absolute atomic E-state index is 6.45. The number of nitrogens with two attached hydrogens (primary N) is 1. The van der Waals surface area contributed by atoms with Gasteiger partial charge in [-0.3, -0.25) is 4.68 Å². The Morgan fingerprint density at radius 2 is 2.16 bits per heavy atom. The Kier molecular flexibility index (Phi) is 4.93. The zero-order valence-corrected chi connectivity index (χ0v) is 12.1. The van der Waals surface area contributed by atoms with Crippen molar-refractivity contribution >= 4 is 0 Å². The van der Waals surface area contributed by atoms with Crippen molar-refractivity contribution in [1.29, 1.82) is 0 Å². The van der Waals surface area contributed by atoms with Crippen LogP contribution in [0.25, 0.3) is 0 Å². The number of aromatic nitrogens is 3. The summed E-state index contributed by atoms with van der Waals surface area (Å²) < 4.78 is 7.99. The minimum atomic E-state index is -0.141. The Morgan fingerprint density at radius 3 is 2.79 bits per heavy atom. The summed E-state index contributed by atoms with van der Waals surface area (Å²) in [6, 6.07) is 0.00903. The fraction of sp³-hybridized carbons (Fsp3) is 0.857. The average molecular weight is 266 g/mol. The van der Waals surface area contributed by atoms with Crippen molar-refractivity contribution in [3.8, 4) is 0 Å². The SMILES string of the molecule is CCCn1ncnc1CC(N)C1(OCC)CCCC1. The average Bonchev–Trinajstić information content (AvgIpc) is 3.01. The Bertz CT molecular complexity index is 385. The normalized spacial score (nSPS) is 19.7. The van der Waals surface area contributed by atoms with Crippen LogP contribution in [0.5, 0.6) is 0 Å². The second kappa shape index (κ2) is 6.48. The van der Waals surface area contributed by atoms with E-state index in [4.69, 9.17) is 10.5 Å². The van der Waals surface area contributed by atoms with E-state index in [-0.39, 0.29) is 11.6 Å². The largest absolute Gasteiger partial charge is 0.374 e. The van der Waals surface area contributed by atoms with Gasteiger partial charge >= 0.3 is 0 Å². The van der Waals surface area contributed by atoms with E-state index < -0.39 is 0 Å². The van der Waals surface area contributed by atoms with E-state index in [9.17, 15) is 0 Å². The van der Waals surface area contributed by atoms with Gasteiger partial charge < -0.3 is 10.5 Å². The molecular weight excluding hydrogens is 240 g/mol. The van der Waals surface area contributed by atoms with Crippen molar-refractivity contribution in [2.45, 2.75) is 70.6 Å². The third-order valence-electron chi connectivity index (χ3n) is 4.09. The van der Waals surface area contributed by atoms with E-state index in [0.29, 0.717) is 0 Å². The monoisotopic (exact) mass is 266 g/mol. The summed E-state index contributed by atoms with van der Waals surface area (Å²) in [5.74, 6) is 0.986. The third kappa shape index (κ3) is 3.15. The van der Waals surface area contributed by atoms with Gasteiger partial charge in [-0.15, -0.1) is 0 Å². The van der Waals surface area contributed by atoms with Crippen LogP contribution in [0.4, 0.5) is 0 Å². The van der Waals surface area contributed by atoms with Crippen molar-refractivity contribution in [3.05, 3.63) is 12.2 Å². The Hall–Kier alpha value is -0.940. The van der Waals surface area contributed by atoms with E-state index in [0.717, 1.165) is 44.7 Å². The van der Waals surface area contributed by atoms with Crippen molar-refractivity contribution in [3.63, 3.8) is 0 Å². The van der Waals surface area contributed by atoms with Gasteiger partial charge in [-0.1, -0.05) is 19.8 Å².